The number of hydrogen-bond acceptors (Lipinski definition) is 3. The molecule has 2 heterocycles. The second-order valence-electron chi connectivity index (χ2n) is 7.11. The summed E-state index contributed by atoms with van der Waals surface area (Å²) in [7, 11) is 0. The van der Waals surface area contributed by atoms with Gasteiger partial charge in [-0.05, 0) is 43.7 Å². The first-order chi connectivity index (χ1) is 9.88. The van der Waals surface area contributed by atoms with E-state index in [9.17, 15) is 0 Å². The third-order valence-electron chi connectivity index (χ3n) is 4.77. The van der Waals surface area contributed by atoms with E-state index in [1.165, 1.54) is 23.4 Å². The molecule has 21 heavy (non-hydrogen) atoms. The van der Waals surface area contributed by atoms with Crippen molar-refractivity contribution in [1.82, 2.24) is 10.3 Å². The number of aromatic nitrogens is 1. The predicted molar refractivity (Wildman–Crippen MR) is 90.8 cm³/mol. The molecule has 2 atom stereocenters. The topological polar surface area (TPSA) is 28.2 Å². The van der Waals surface area contributed by atoms with Crippen LogP contribution in [0.25, 0.3) is 0 Å². The van der Waals surface area contributed by atoms with Crippen LogP contribution in [0, 0.1) is 25.7 Å². The molecule has 0 aliphatic carbocycles. The maximum Gasteiger partial charge on any atom is 0.133 e. The molecular formula is C18H31N3. The molecule has 3 nitrogen and oxygen atoms in total. The first kappa shape index (κ1) is 16.3. The van der Waals surface area contributed by atoms with Crippen molar-refractivity contribution in [2.24, 2.45) is 11.8 Å². The van der Waals surface area contributed by atoms with E-state index >= 15 is 0 Å². The van der Waals surface area contributed by atoms with Crippen molar-refractivity contribution in [2.45, 2.75) is 60.5 Å². The Morgan fingerprint density at radius 3 is 2.62 bits per heavy atom. The van der Waals surface area contributed by atoms with Crippen LogP contribution >= 0.6 is 0 Å². The zero-order valence-corrected chi connectivity index (χ0v) is 14.5. The van der Waals surface area contributed by atoms with E-state index in [1.54, 1.807) is 0 Å². The van der Waals surface area contributed by atoms with Gasteiger partial charge < -0.3 is 10.2 Å². The first-order valence-corrected chi connectivity index (χ1v) is 8.34. The van der Waals surface area contributed by atoms with Gasteiger partial charge in [-0.15, -0.1) is 0 Å². The maximum absolute atomic E-state index is 4.88. The van der Waals surface area contributed by atoms with E-state index in [-0.39, 0.29) is 0 Å². The molecular weight excluding hydrogens is 258 g/mol. The normalized spacial score (nSPS) is 22.9. The van der Waals surface area contributed by atoms with E-state index < -0.39 is 0 Å². The third kappa shape index (κ3) is 3.97. The minimum atomic E-state index is 0.499. The van der Waals surface area contributed by atoms with Crippen LogP contribution in [0.1, 0.15) is 50.9 Å². The van der Waals surface area contributed by atoms with Crippen LogP contribution in [0.4, 0.5) is 5.82 Å². The summed E-state index contributed by atoms with van der Waals surface area (Å²) in [5.74, 6) is 2.77. The van der Waals surface area contributed by atoms with Crippen LogP contribution in [-0.4, -0.2) is 24.1 Å². The fourth-order valence-corrected chi connectivity index (χ4v) is 3.09. The molecule has 2 rings (SSSR count). The molecule has 1 aromatic heterocycles. The van der Waals surface area contributed by atoms with Crippen molar-refractivity contribution in [3.05, 3.63) is 22.9 Å². The summed E-state index contributed by atoms with van der Waals surface area (Å²) < 4.78 is 0. The van der Waals surface area contributed by atoms with Gasteiger partial charge in [0, 0.05) is 36.9 Å². The molecule has 1 N–H and O–H groups in total. The molecule has 1 aliphatic heterocycles. The smallest absolute Gasteiger partial charge is 0.133 e. The van der Waals surface area contributed by atoms with Gasteiger partial charge in [-0.3, -0.25) is 0 Å². The first-order valence-electron chi connectivity index (χ1n) is 8.34. The number of nitrogens with zero attached hydrogens (tertiary/aromatic N) is 2. The predicted octanol–water partition coefficient (Wildman–Crippen LogP) is 3.68. The summed E-state index contributed by atoms with van der Waals surface area (Å²) in [5, 5.41) is 3.55. The third-order valence-corrected chi connectivity index (χ3v) is 4.77. The lowest BCUT2D eigenvalue weighted by Crippen LogP contribution is -2.40. The summed E-state index contributed by atoms with van der Waals surface area (Å²) in [5.41, 5.74) is 3.86. The Bertz CT molecular complexity index is 482. The van der Waals surface area contributed by atoms with Crippen molar-refractivity contribution in [1.29, 1.82) is 0 Å². The van der Waals surface area contributed by atoms with Crippen LogP contribution in [0.2, 0.25) is 0 Å². The standard InChI is InChI=1S/C18H31N3/c1-12(2)19-10-17-14(4)9-16(6)20-18(17)21-8-7-13(3)15(5)11-21/h9,12-13,15,19H,7-8,10-11H2,1-6H3. The number of pyridine rings is 1. The van der Waals surface area contributed by atoms with Gasteiger partial charge in [-0.2, -0.15) is 0 Å². The average Bonchev–Trinajstić information content (AvgIpc) is 2.40. The molecule has 1 saturated heterocycles. The highest BCUT2D eigenvalue weighted by Gasteiger charge is 2.25. The van der Waals surface area contributed by atoms with Gasteiger partial charge in [-0.25, -0.2) is 4.98 Å². The number of anilines is 1. The molecule has 2 unspecified atom stereocenters. The molecule has 1 aromatic rings. The molecule has 3 heteroatoms. The summed E-state index contributed by atoms with van der Waals surface area (Å²) in [4.78, 5) is 7.38. The highest BCUT2D eigenvalue weighted by atomic mass is 15.2. The summed E-state index contributed by atoms with van der Waals surface area (Å²) in [6.07, 6.45) is 1.27. The van der Waals surface area contributed by atoms with E-state index in [0.29, 0.717) is 6.04 Å². The average molecular weight is 289 g/mol. The SMILES string of the molecule is Cc1cc(C)c(CNC(C)C)c(N2CCC(C)C(C)C2)n1. The summed E-state index contributed by atoms with van der Waals surface area (Å²) in [6.45, 7) is 16.6. The molecule has 0 aromatic carbocycles. The van der Waals surface area contributed by atoms with Gasteiger partial charge in [0.2, 0.25) is 0 Å². The van der Waals surface area contributed by atoms with Gasteiger partial charge in [-0.1, -0.05) is 27.7 Å². The molecule has 118 valence electrons. The van der Waals surface area contributed by atoms with Gasteiger partial charge in [0.1, 0.15) is 5.82 Å². The van der Waals surface area contributed by atoms with Crippen LogP contribution < -0.4 is 10.2 Å². The lowest BCUT2D eigenvalue weighted by atomic mass is 9.88. The zero-order valence-electron chi connectivity index (χ0n) is 14.5. The van der Waals surface area contributed by atoms with Crippen LogP contribution in [-0.2, 0) is 6.54 Å². The number of hydrogen-bond donors (Lipinski definition) is 1. The summed E-state index contributed by atoms with van der Waals surface area (Å²) in [6, 6.07) is 2.70. The van der Waals surface area contributed by atoms with Crippen LogP contribution in [0.5, 0.6) is 0 Å². The second-order valence-corrected chi connectivity index (χ2v) is 7.11. The fourth-order valence-electron chi connectivity index (χ4n) is 3.09. The molecule has 0 saturated carbocycles. The zero-order chi connectivity index (χ0) is 15.6. The minimum absolute atomic E-state index is 0.499. The lowest BCUT2D eigenvalue weighted by molar-refractivity contribution is 0.322. The number of piperidine rings is 1. The van der Waals surface area contributed by atoms with E-state index in [1.807, 2.05) is 0 Å². The van der Waals surface area contributed by atoms with E-state index in [4.69, 9.17) is 4.98 Å². The Morgan fingerprint density at radius 1 is 1.29 bits per heavy atom. The van der Waals surface area contributed by atoms with Crippen molar-refractivity contribution >= 4 is 5.82 Å². The Kier molecular flexibility index (Phi) is 5.26. The molecule has 1 aliphatic rings. The highest BCUT2D eigenvalue weighted by Crippen LogP contribution is 2.29. The van der Waals surface area contributed by atoms with Crippen molar-refractivity contribution in [3.63, 3.8) is 0 Å². The molecule has 0 spiro atoms. The molecule has 0 bridgehead atoms. The lowest BCUT2D eigenvalue weighted by Gasteiger charge is -2.37. The van der Waals surface area contributed by atoms with E-state index in [2.05, 4.69) is 57.8 Å². The molecule has 1 fully saturated rings. The number of rotatable bonds is 4. The van der Waals surface area contributed by atoms with Gasteiger partial charge in [0.05, 0.1) is 0 Å². The number of nitrogens with one attached hydrogen (secondary N) is 1. The quantitative estimate of drug-likeness (QED) is 0.916. The maximum atomic E-state index is 4.88. The minimum Gasteiger partial charge on any atom is -0.356 e. The monoisotopic (exact) mass is 289 g/mol. The van der Waals surface area contributed by atoms with Gasteiger partial charge in [0.25, 0.3) is 0 Å². The summed E-state index contributed by atoms with van der Waals surface area (Å²) >= 11 is 0. The van der Waals surface area contributed by atoms with E-state index in [0.717, 1.165) is 37.2 Å². The fraction of sp³-hybridized carbons (Fsp3) is 0.722. The van der Waals surface area contributed by atoms with Crippen LogP contribution in [0.3, 0.4) is 0 Å². The Balaban J connectivity index is 2.28. The van der Waals surface area contributed by atoms with Gasteiger partial charge in [0.15, 0.2) is 0 Å². The van der Waals surface area contributed by atoms with Crippen molar-refractivity contribution in [2.75, 3.05) is 18.0 Å². The highest BCUT2D eigenvalue weighted by molar-refractivity contribution is 5.52. The van der Waals surface area contributed by atoms with Gasteiger partial charge >= 0.3 is 0 Å². The Morgan fingerprint density at radius 2 is 2.00 bits per heavy atom. The van der Waals surface area contributed by atoms with Crippen LogP contribution in [0.15, 0.2) is 6.07 Å². The largest absolute Gasteiger partial charge is 0.356 e. The molecule has 0 amide bonds. The van der Waals surface area contributed by atoms with Crippen molar-refractivity contribution in [3.8, 4) is 0 Å². The number of aryl methyl sites for hydroxylation is 2. The Labute approximate surface area is 130 Å². The van der Waals surface area contributed by atoms with Crippen molar-refractivity contribution < 1.29 is 0 Å². The Hall–Kier alpha value is -1.09. The molecule has 0 radical (unpaired) electrons. The second kappa shape index (κ2) is 6.78.